The molecule has 3 rings (SSSR count). The Labute approximate surface area is 131 Å². The van der Waals surface area contributed by atoms with Crippen LogP contribution >= 0.6 is 0 Å². The SMILES string of the molecule is Cc1[nH]c(C(=O)N2CCCC2)c(C)c1S(=O)(=O)N1CCCC1. The summed E-state index contributed by atoms with van der Waals surface area (Å²) in [7, 11) is -3.50. The van der Waals surface area contributed by atoms with Gasteiger partial charge in [0, 0.05) is 31.9 Å². The van der Waals surface area contributed by atoms with Crippen molar-refractivity contribution in [2.75, 3.05) is 26.2 Å². The molecule has 1 aromatic heterocycles. The molecule has 22 heavy (non-hydrogen) atoms. The third kappa shape index (κ3) is 2.46. The molecule has 3 heterocycles. The smallest absolute Gasteiger partial charge is 0.270 e. The average molecular weight is 325 g/mol. The number of amides is 1. The molecule has 0 saturated carbocycles. The van der Waals surface area contributed by atoms with Gasteiger partial charge in [-0.1, -0.05) is 0 Å². The summed E-state index contributed by atoms with van der Waals surface area (Å²) in [5.74, 6) is -0.0824. The van der Waals surface area contributed by atoms with Crippen LogP contribution in [0, 0.1) is 13.8 Å². The monoisotopic (exact) mass is 325 g/mol. The molecule has 122 valence electrons. The lowest BCUT2D eigenvalue weighted by atomic mass is 10.2. The molecule has 1 N–H and O–H groups in total. The van der Waals surface area contributed by atoms with Gasteiger partial charge in [0.2, 0.25) is 10.0 Å². The van der Waals surface area contributed by atoms with Gasteiger partial charge >= 0.3 is 0 Å². The Kier molecular flexibility index (Phi) is 4.03. The van der Waals surface area contributed by atoms with Gasteiger partial charge in [0.1, 0.15) is 10.6 Å². The Morgan fingerprint density at radius 3 is 2.14 bits per heavy atom. The molecule has 2 aliphatic rings. The van der Waals surface area contributed by atoms with Crippen LogP contribution in [0.3, 0.4) is 0 Å². The second-order valence-corrected chi connectivity index (χ2v) is 8.06. The van der Waals surface area contributed by atoms with Crippen molar-refractivity contribution in [2.45, 2.75) is 44.4 Å². The first kappa shape index (κ1) is 15.6. The van der Waals surface area contributed by atoms with Gasteiger partial charge in [0.05, 0.1) is 0 Å². The summed E-state index contributed by atoms with van der Waals surface area (Å²) in [4.78, 5) is 17.7. The quantitative estimate of drug-likeness (QED) is 0.918. The molecule has 2 fully saturated rings. The summed E-state index contributed by atoms with van der Waals surface area (Å²) in [5, 5.41) is 0. The molecule has 7 heteroatoms. The molecule has 0 atom stereocenters. The molecule has 1 aromatic rings. The number of hydrogen-bond acceptors (Lipinski definition) is 3. The fourth-order valence-corrected chi connectivity index (χ4v) is 5.39. The molecule has 0 spiro atoms. The van der Waals surface area contributed by atoms with Crippen molar-refractivity contribution in [1.82, 2.24) is 14.2 Å². The standard InChI is InChI=1S/C15H23N3O3S/c1-11-13(15(19)17-7-3-4-8-17)16-12(2)14(11)22(20,21)18-9-5-6-10-18/h16H,3-10H2,1-2H3. The molecule has 2 saturated heterocycles. The van der Waals surface area contributed by atoms with Gasteiger partial charge in [-0.25, -0.2) is 8.42 Å². The van der Waals surface area contributed by atoms with E-state index in [9.17, 15) is 13.2 Å². The second kappa shape index (κ2) is 5.70. The van der Waals surface area contributed by atoms with Crippen molar-refractivity contribution < 1.29 is 13.2 Å². The van der Waals surface area contributed by atoms with Crippen LogP contribution in [0.25, 0.3) is 0 Å². The minimum absolute atomic E-state index is 0.0824. The summed E-state index contributed by atoms with van der Waals surface area (Å²) in [6, 6.07) is 0. The number of carbonyl (C=O) groups is 1. The molecule has 0 unspecified atom stereocenters. The van der Waals surface area contributed by atoms with Gasteiger partial charge in [-0.3, -0.25) is 4.79 Å². The van der Waals surface area contributed by atoms with Crippen molar-refractivity contribution in [3.05, 3.63) is 17.0 Å². The highest BCUT2D eigenvalue weighted by Crippen LogP contribution is 2.29. The van der Waals surface area contributed by atoms with Crippen LogP contribution in [-0.4, -0.2) is 54.7 Å². The van der Waals surface area contributed by atoms with E-state index in [1.807, 2.05) is 0 Å². The van der Waals surface area contributed by atoms with E-state index in [2.05, 4.69) is 4.98 Å². The molecule has 0 aromatic carbocycles. The van der Waals surface area contributed by atoms with E-state index in [-0.39, 0.29) is 10.8 Å². The van der Waals surface area contributed by atoms with E-state index in [4.69, 9.17) is 0 Å². The minimum atomic E-state index is -3.50. The normalized spacial score (nSPS) is 20.0. The van der Waals surface area contributed by atoms with E-state index in [0.29, 0.717) is 30.0 Å². The number of sulfonamides is 1. The Morgan fingerprint density at radius 1 is 1.00 bits per heavy atom. The molecule has 0 radical (unpaired) electrons. The molecule has 2 aliphatic heterocycles. The minimum Gasteiger partial charge on any atom is -0.353 e. The fraction of sp³-hybridized carbons (Fsp3) is 0.667. The van der Waals surface area contributed by atoms with Gasteiger partial charge in [0.15, 0.2) is 0 Å². The first-order valence-electron chi connectivity index (χ1n) is 7.91. The van der Waals surface area contributed by atoms with Crippen molar-refractivity contribution in [3.8, 4) is 0 Å². The predicted octanol–water partition coefficient (Wildman–Crippen LogP) is 1.65. The van der Waals surface area contributed by atoms with Gasteiger partial charge in [0.25, 0.3) is 5.91 Å². The third-order valence-corrected chi connectivity index (χ3v) is 6.81. The number of carbonyl (C=O) groups excluding carboxylic acids is 1. The Hall–Kier alpha value is -1.34. The Bertz CT molecular complexity index is 681. The zero-order valence-electron chi connectivity index (χ0n) is 13.2. The number of aromatic amines is 1. The van der Waals surface area contributed by atoms with E-state index in [0.717, 1.165) is 38.8 Å². The van der Waals surface area contributed by atoms with Crippen LogP contribution in [0.1, 0.15) is 47.4 Å². The molecule has 6 nitrogen and oxygen atoms in total. The Morgan fingerprint density at radius 2 is 1.55 bits per heavy atom. The Balaban J connectivity index is 1.98. The van der Waals surface area contributed by atoms with Gasteiger partial charge in [-0.15, -0.1) is 0 Å². The predicted molar refractivity (Wildman–Crippen MR) is 83.4 cm³/mol. The third-order valence-electron chi connectivity index (χ3n) is 4.64. The maximum atomic E-state index is 12.8. The first-order chi connectivity index (χ1) is 10.4. The molecule has 0 bridgehead atoms. The summed E-state index contributed by atoms with van der Waals surface area (Å²) in [5.41, 5.74) is 1.55. The van der Waals surface area contributed by atoms with Crippen molar-refractivity contribution in [3.63, 3.8) is 0 Å². The maximum absolute atomic E-state index is 12.8. The summed E-state index contributed by atoms with van der Waals surface area (Å²) >= 11 is 0. The molecular weight excluding hydrogens is 302 g/mol. The van der Waals surface area contributed by atoms with E-state index in [1.165, 1.54) is 4.31 Å². The largest absolute Gasteiger partial charge is 0.353 e. The first-order valence-corrected chi connectivity index (χ1v) is 9.35. The number of H-pyrrole nitrogens is 1. The number of nitrogens with zero attached hydrogens (tertiary/aromatic N) is 2. The molecule has 1 amide bonds. The topological polar surface area (TPSA) is 73.5 Å². The highest BCUT2D eigenvalue weighted by atomic mass is 32.2. The number of aryl methyl sites for hydroxylation is 1. The van der Waals surface area contributed by atoms with E-state index < -0.39 is 10.0 Å². The van der Waals surface area contributed by atoms with Gasteiger partial charge in [-0.2, -0.15) is 4.31 Å². The fourth-order valence-electron chi connectivity index (χ4n) is 3.47. The van der Waals surface area contributed by atoms with E-state index >= 15 is 0 Å². The van der Waals surface area contributed by atoms with Crippen LogP contribution in [0.2, 0.25) is 0 Å². The number of hydrogen-bond donors (Lipinski definition) is 1. The lowest BCUT2D eigenvalue weighted by molar-refractivity contribution is 0.0787. The van der Waals surface area contributed by atoms with E-state index in [1.54, 1.807) is 18.7 Å². The zero-order valence-corrected chi connectivity index (χ0v) is 14.0. The molecule has 0 aliphatic carbocycles. The van der Waals surface area contributed by atoms with Crippen LogP contribution in [-0.2, 0) is 10.0 Å². The second-order valence-electron chi connectivity index (χ2n) is 6.19. The van der Waals surface area contributed by atoms with Crippen molar-refractivity contribution >= 4 is 15.9 Å². The van der Waals surface area contributed by atoms with Crippen LogP contribution in [0.4, 0.5) is 0 Å². The lowest BCUT2D eigenvalue weighted by Crippen LogP contribution is -2.29. The highest BCUT2D eigenvalue weighted by molar-refractivity contribution is 7.89. The summed E-state index contributed by atoms with van der Waals surface area (Å²) in [6.45, 7) is 6.12. The maximum Gasteiger partial charge on any atom is 0.270 e. The number of nitrogens with one attached hydrogen (secondary N) is 1. The number of likely N-dealkylation sites (tertiary alicyclic amines) is 1. The van der Waals surface area contributed by atoms with Crippen LogP contribution < -0.4 is 0 Å². The van der Waals surface area contributed by atoms with Crippen LogP contribution in [0.5, 0.6) is 0 Å². The molecular formula is C15H23N3O3S. The lowest BCUT2D eigenvalue weighted by Gasteiger charge is -2.17. The summed E-state index contributed by atoms with van der Waals surface area (Å²) in [6.07, 6.45) is 3.84. The number of rotatable bonds is 3. The van der Waals surface area contributed by atoms with Crippen molar-refractivity contribution in [1.29, 1.82) is 0 Å². The van der Waals surface area contributed by atoms with Crippen LogP contribution in [0.15, 0.2) is 4.90 Å². The zero-order chi connectivity index (χ0) is 15.9. The van der Waals surface area contributed by atoms with Gasteiger partial charge < -0.3 is 9.88 Å². The number of aromatic nitrogens is 1. The average Bonchev–Trinajstić information content (AvgIpc) is 3.19. The van der Waals surface area contributed by atoms with Crippen molar-refractivity contribution in [2.24, 2.45) is 0 Å². The highest BCUT2D eigenvalue weighted by Gasteiger charge is 2.34. The van der Waals surface area contributed by atoms with Gasteiger partial charge in [-0.05, 0) is 45.1 Å². The summed E-state index contributed by atoms with van der Waals surface area (Å²) < 4.78 is 27.2.